The van der Waals surface area contributed by atoms with Crippen molar-refractivity contribution in [3.05, 3.63) is 78.4 Å². The molecule has 0 unspecified atom stereocenters. The number of amides is 1. The minimum Gasteiger partial charge on any atom is -0.324 e. The minimum absolute atomic E-state index is 0.0191. The lowest BCUT2D eigenvalue weighted by Crippen LogP contribution is -2.29. The summed E-state index contributed by atoms with van der Waals surface area (Å²) in [6.07, 6.45) is 0.919. The SMILES string of the molecule is O=C(CNCCc1ccccc1)Nc1cccc2ccccc12. The first kappa shape index (κ1) is 15.3. The first-order valence-corrected chi connectivity index (χ1v) is 7.85. The zero-order valence-electron chi connectivity index (χ0n) is 13.0. The molecule has 0 aliphatic carbocycles. The molecule has 0 heterocycles. The maximum absolute atomic E-state index is 12.1. The highest BCUT2D eigenvalue weighted by Gasteiger charge is 2.05. The standard InChI is InChI=1S/C20H20N2O/c23-20(15-21-14-13-16-7-2-1-3-8-16)22-19-12-6-10-17-9-4-5-11-18(17)19/h1-12,21H,13-15H2,(H,22,23). The molecule has 2 N–H and O–H groups in total. The predicted octanol–water partition coefficient (Wildman–Crippen LogP) is 3.61. The molecular formula is C20H20N2O. The van der Waals surface area contributed by atoms with Crippen LogP contribution in [0.4, 0.5) is 5.69 Å². The van der Waals surface area contributed by atoms with Gasteiger partial charge in [0.05, 0.1) is 6.54 Å². The van der Waals surface area contributed by atoms with Crippen molar-refractivity contribution >= 4 is 22.4 Å². The molecule has 0 fully saturated rings. The molecule has 0 atom stereocenters. The third-order valence-electron chi connectivity index (χ3n) is 3.78. The fraction of sp³-hybridized carbons (Fsp3) is 0.150. The van der Waals surface area contributed by atoms with Crippen LogP contribution < -0.4 is 10.6 Å². The van der Waals surface area contributed by atoms with Gasteiger partial charge in [-0.2, -0.15) is 0 Å². The van der Waals surface area contributed by atoms with Crippen molar-refractivity contribution in [1.82, 2.24) is 5.32 Å². The summed E-state index contributed by atoms with van der Waals surface area (Å²) < 4.78 is 0. The summed E-state index contributed by atoms with van der Waals surface area (Å²) in [6.45, 7) is 1.10. The molecule has 0 saturated carbocycles. The quantitative estimate of drug-likeness (QED) is 0.683. The maximum atomic E-state index is 12.1. The molecule has 116 valence electrons. The van der Waals surface area contributed by atoms with Crippen LogP contribution in [0.1, 0.15) is 5.56 Å². The highest BCUT2D eigenvalue weighted by Crippen LogP contribution is 2.22. The van der Waals surface area contributed by atoms with E-state index in [1.54, 1.807) is 0 Å². The Kier molecular flexibility index (Phi) is 5.02. The molecule has 0 spiro atoms. The van der Waals surface area contributed by atoms with E-state index in [1.807, 2.05) is 60.7 Å². The van der Waals surface area contributed by atoms with Crippen LogP contribution in [0, 0.1) is 0 Å². The molecule has 0 saturated heterocycles. The number of benzene rings is 3. The van der Waals surface area contributed by atoms with E-state index in [0.717, 1.165) is 29.4 Å². The lowest BCUT2D eigenvalue weighted by molar-refractivity contribution is -0.115. The summed E-state index contributed by atoms with van der Waals surface area (Å²) >= 11 is 0. The van der Waals surface area contributed by atoms with Gasteiger partial charge in [-0.15, -0.1) is 0 Å². The monoisotopic (exact) mass is 304 g/mol. The largest absolute Gasteiger partial charge is 0.324 e. The van der Waals surface area contributed by atoms with Gasteiger partial charge in [-0.3, -0.25) is 4.79 Å². The second kappa shape index (κ2) is 7.56. The zero-order valence-corrected chi connectivity index (χ0v) is 13.0. The van der Waals surface area contributed by atoms with Gasteiger partial charge >= 0.3 is 0 Å². The van der Waals surface area contributed by atoms with Gasteiger partial charge in [-0.1, -0.05) is 66.7 Å². The van der Waals surface area contributed by atoms with Crippen molar-refractivity contribution < 1.29 is 4.79 Å². The van der Waals surface area contributed by atoms with E-state index in [4.69, 9.17) is 0 Å². The van der Waals surface area contributed by atoms with Gasteiger partial charge in [-0.25, -0.2) is 0 Å². The Bertz CT molecular complexity index is 779. The Hall–Kier alpha value is -2.65. The van der Waals surface area contributed by atoms with Gasteiger partial charge in [0.2, 0.25) is 5.91 Å². The summed E-state index contributed by atoms with van der Waals surface area (Å²) in [6, 6.07) is 24.2. The number of anilines is 1. The highest BCUT2D eigenvalue weighted by atomic mass is 16.1. The topological polar surface area (TPSA) is 41.1 Å². The summed E-state index contributed by atoms with van der Waals surface area (Å²) in [5.41, 5.74) is 2.13. The summed E-state index contributed by atoms with van der Waals surface area (Å²) in [5, 5.41) is 8.36. The maximum Gasteiger partial charge on any atom is 0.238 e. The summed E-state index contributed by atoms with van der Waals surface area (Å²) in [5.74, 6) is -0.0191. The van der Waals surface area contributed by atoms with E-state index in [0.29, 0.717) is 6.54 Å². The summed E-state index contributed by atoms with van der Waals surface area (Å²) in [7, 11) is 0. The van der Waals surface area contributed by atoms with Gasteiger partial charge in [0.15, 0.2) is 0 Å². The predicted molar refractivity (Wildman–Crippen MR) is 95.6 cm³/mol. The molecule has 3 nitrogen and oxygen atoms in total. The molecule has 3 heteroatoms. The number of fused-ring (bicyclic) bond motifs is 1. The van der Waals surface area contributed by atoms with Crippen LogP contribution in [0.3, 0.4) is 0 Å². The molecule has 0 aliphatic heterocycles. The second-order valence-electron chi connectivity index (χ2n) is 5.49. The van der Waals surface area contributed by atoms with E-state index in [9.17, 15) is 4.79 Å². The molecular weight excluding hydrogens is 284 g/mol. The van der Waals surface area contributed by atoms with Gasteiger partial charge in [0, 0.05) is 11.1 Å². The van der Waals surface area contributed by atoms with Gasteiger partial charge < -0.3 is 10.6 Å². The Morgan fingerprint density at radius 1 is 0.826 bits per heavy atom. The molecule has 3 aromatic rings. The number of nitrogens with one attached hydrogen (secondary N) is 2. The Morgan fingerprint density at radius 3 is 2.43 bits per heavy atom. The number of hydrogen-bond donors (Lipinski definition) is 2. The van der Waals surface area contributed by atoms with Crippen LogP contribution in [0.15, 0.2) is 72.8 Å². The smallest absolute Gasteiger partial charge is 0.238 e. The second-order valence-corrected chi connectivity index (χ2v) is 5.49. The average molecular weight is 304 g/mol. The Balaban J connectivity index is 1.51. The zero-order chi connectivity index (χ0) is 15.9. The lowest BCUT2D eigenvalue weighted by Gasteiger charge is -2.09. The normalized spacial score (nSPS) is 10.6. The average Bonchev–Trinajstić information content (AvgIpc) is 2.60. The molecule has 3 aromatic carbocycles. The van der Waals surface area contributed by atoms with E-state index in [1.165, 1.54) is 5.56 Å². The molecule has 0 radical (unpaired) electrons. The molecule has 0 aromatic heterocycles. The van der Waals surface area contributed by atoms with Crippen molar-refractivity contribution in [2.24, 2.45) is 0 Å². The van der Waals surface area contributed by atoms with Crippen LogP contribution in [0.25, 0.3) is 10.8 Å². The van der Waals surface area contributed by atoms with Crippen LogP contribution in [0.5, 0.6) is 0 Å². The van der Waals surface area contributed by atoms with Gasteiger partial charge in [0.25, 0.3) is 0 Å². The Labute approximate surface area is 136 Å². The van der Waals surface area contributed by atoms with Crippen LogP contribution >= 0.6 is 0 Å². The first-order valence-electron chi connectivity index (χ1n) is 7.85. The Morgan fingerprint density at radius 2 is 1.57 bits per heavy atom. The molecule has 3 rings (SSSR count). The third-order valence-corrected chi connectivity index (χ3v) is 3.78. The highest BCUT2D eigenvalue weighted by molar-refractivity contribution is 6.02. The molecule has 1 amide bonds. The fourth-order valence-electron chi connectivity index (χ4n) is 2.61. The van der Waals surface area contributed by atoms with Gasteiger partial charge in [0.1, 0.15) is 0 Å². The first-order chi connectivity index (χ1) is 11.3. The number of carbonyl (C=O) groups excluding carboxylic acids is 1. The van der Waals surface area contributed by atoms with E-state index in [2.05, 4.69) is 22.8 Å². The van der Waals surface area contributed by atoms with Crippen molar-refractivity contribution in [3.63, 3.8) is 0 Å². The third kappa shape index (κ3) is 4.18. The summed E-state index contributed by atoms with van der Waals surface area (Å²) in [4.78, 5) is 12.1. The number of rotatable bonds is 6. The van der Waals surface area contributed by atoms with Crippen molar-refractivity contribution in [1.29, 1.82) is 0 Å². The van der Waals surface area contributed by atoms with Crippen molar-refractivity contribution in [3.8, 4) is 0 Å². The van der Waals surface area contributed by atoms with Gasteiger partial charge in [-0.05, 0) is 30.0 Å². The minimum atomic E-state index is -0.0191. The number of carbonyl (C=O) groups is 1. The van der Waals surface area contributed by atoms with E-state index in [-0.39, 0.29) is 5.91 Å². The van der Waals surface area contributed by atoms with Crippen LogP contribution in [-0.4, -0.2) is 19.0 Å². The molecule has 0 bridgehead atoms. The van der Waals surface area contributed by atoms with Crippen molar-refractivity contribution in [2.45, 2.75) is 6.42 Å². The van der Waals surface area contributed by atoms with E-state index >= 15 is 0 Å². The number of hydrogen-bond acceptors (Lipinski definition) is 2. The fourth-order valence-corrected chi connectivity index (χ4v) is 2.61. The lowest BCUT2D eigenvalue weighted by atomic mass is 10.1. The van der Waals surface area contributed by atoms with E-state index < -0.39 is 0 Å². The molecule has 23 heavy (non-hydrogen) atoms. The van der Waals surface area contributed by atoms with Crippen LogP contribution in [-0.2, 0) is 11.2 Å². The van der Waals surface area contributed by atoms with Crippen molar-refractivity contribution in [2.75, 3.05) is 18.4 Å². The molecule has 0 aliphatic rings. The van der Waals surface area contributed by atoms with Crippen LogP contribution in [0.2, 0.25) is 0 Å².